The third kappa shape index (κ3) is 45.5. The van der Waals surface area contributed by atoms with Crippen LogP contribution in [-0.4, -0.2) is 37.2 Å². The molecule has 0 radical (unpaired) electrons. The molecule has 0 aliphatic carbocycles. The fourth-order valence-electron chi connectivity index (χ4n) is 7.92. The van der Waals surface area contributed by atoms with E-state index in [9.17, 15) is 14.4 Å². The summed E-state index contributed by atoms with van der Waals surface area (Å²) < 4.78 is 16.7. The Hall–Kier alpha value is -1.59. The molecule has 0 aromatic heterocycles. The van der Waals surface area contributed by atoms with Crippen LogP contribution in [0.5, 0.6) is 0 Å². The lowest BCUT2D eigenvalue weighted by Crippen LogP contribution is -2.30. The summed E-state index contributed by atoms with van der Waals surface area (Å²) >= 11 is 0. The lowest BCUT2D eigenvalue weighted by atomic mass is 10.0. The molecule has 0 aliphatic heterocycles. The average molecular weight is 821 g/mol. The fraction of sp³-hybridized carbons (Fsp3) is 0.942. The first-order valence-corrected chi connectivity index (χ1v) is 26.0. The molecule has 0 fully saturated rings. The number of rotatable bonds is 48. The summed E-state index contributed by atoms with van der Waals surface area (Å²) in [6.07, 6.45) is 51.2. The van der Waals surface area contributed by atoms with Crippen molar-refractivity contribution < 1.29 is 28.6 Å². The molecule has 0 bridgehead atoms. The third-order valence-electron chi connectivity index (χ3n) is 11.9. The number of hydrogen-bond donors (Lipinski definition) is 0. The smallest absolute Gasteiger partial charge is 0.306 e. The summed E-state index contributed by atoms with van der Waals surface area (Å²) in [5.74, 6) is -0.854. The summed E-state index contributed by atoms with van der Waals surface area (Å²) in [6, 6.07) is 0. The summed E-state index contributed by atoms with van der Waals surface area (Å²) in [5.41, 5.74) is 0. The SMILES string of the molecule is CCCCCCCCCCCCCCCCCCCCCCCC(=O)OCC(COC(=O)CCCCCCCC)OC(=O)CCCCCCCCCCCCCCC. The number of unbranched alkanes of at least 4 members (excludes halogenated alkanes) is 37. The Morgan fingerprint density at radius 3 is 0.690 bits per heavy atom. The fourth-order valence-corrected chi connectivity index (χ4v) is 7.92. The monoisotopic (exact) mass is 821 g/mol. The quantitative estimate of drug-likeness (QED) is 0.0346. The molecule has 6 heteroatoms. The van der Waals surface area contributed by atoms with Gasteiger partial charge in [0.05, 0.1) is 0 Å². The Morgan fingerprint density at radius 1 is 0.276 bits per heavy atom. The van der Waals surface area contributed by atoms with Crippen LogP contribution in [0.2, 0.25) is 0 Å². The van der Waals surface area contributed by atoms with Crippen molar-refractivity contribution >= 4 is 17.9 Å². The van der Waals surface area contributed by atoms with E-state index in [4.69, 9.17) is 14.2 Å². The van der Waals surface area contributed by atoms with E-state index in [1.54, 1.807) is 0 Å². The third-order valence-corrected chi connectivity index (χ3v) is 11.9. The second-order valence-electron chi connectivity index (χ2n) is 17.8. The summed E-state index contributed by atoms with van der Waals surface area (Å²) in [4.78, 5) is 37.7. The number of esters is 3. The van der Waals surface area contributed by atoms with Crippen LogP contribution in [0.4, 0.5) is 0 Å². The first-order chi connectivity index (χ1) is 28.5. The highest BCUT2D eigenvalue weighted by Gasteiger charge is 2.19. The molecular formula is C52H100O6. The molecule has 0 saturated carbocycles. The molecule has 0 rings (SSSR count). The van der Waals surface area contributed by atoms with Crippen LogP contribution in [0.1, 0.15) is 297 Å². The van der Waals surface area contributed by atoms with E-state index in [0.29, 0.717) is 19.3 Å². The Morgan fingerprint density at radius 2 is 0.466 bits per heavy atom. The first-order valence-electron chi connectivity index (χ1n) is 26.0. The second kappa shape index (κ2) is 48.1. The summed E-state index contributed by atoms with van der Waals surface area (Å²) in [6.45, 7) is 6.62. The Balaban J connectivity index is 4.08. The van der Waals surface area contributed by atoms with E-state index in [0.717, 1.165) is 57.8 Å². The maximum atomic E-state index is 12.7. The molecular weight excluding hydrogens is 721 g/mol. The van der Waals surface area contributed by atoms with Crippen LogP contribution < -0.4 is 0 Å². The van der Waals surface area contributed by atoms with Crippen molar-refractivity contribution in [2.75, 3.05) is 13.2 Å². The Kier molecular flexibility index (Phi) is 46.8. The van der Waals surface area contributed by atoms with Crippen LogP contribution >= 0.6 is 0 Å². The van der Waals surface area contributed by atoms with Crippen molar-refractivity contribution in [2.24, 2.45) is 0 Å². The highest BCUT2D eigenvalue weighted by Crippen LogP contribution is 2.17. The van der Waals surface area contributed by atoms with Gasteiger partial charge in [0, 0.05) is 19.3 Å². The van der Waals surface area contributed by atoms with E-state index >= 15 is 0 Å². The molecule has 0 aromatic rings. The van der Waals surface area contributed by atoms with Gasteiger partial charge in [0.1, 0.15) is 13.2 Å². The lowest BCUT2D eigenvalue weighted by molar-refractivity contribution is -0.167. The highest BCUT2D eigenvalue weighted by molar-refractivity contribution is 5.71. The number of carbonyl (C=O) groups excluding carboxylic acids is 3. The van der Waals surface area contributed by atoms with E-state index in [2.05, 4.69) is 20.8 Å². The van der Waals surface area contributed by atoms with Gasteiger partial charge in [-0.2, -0.15) is 0 Å². The standard InChI is InChI=1S/C52H100O6/c1-4-7-10-13-16-18-20-22-23-24-25-26-27-28-29-31-32-34-36-39-42-45-51(54)57-48-49(47-56-50(53)44-41-38-15-12-9-6-3)58-52(55)46-43-40-37-35-33-30-21-19-17-14-11-8-5-2/h49H,4-48H2,1-3H3. The van der Waals surface area contributed by atoms with Crippen molar-refractivity contribution in [2.45, 2.75) is 303 Å². The molecule has 0 amide bonds. The second-order valence-corrected chi connectivity index (χ2v) is 17.8. The molecule has 1 atom stereocenters. The van der Waals surface area contributed by atoms with Crippen molar-refractivity contribution in [1.82, 2.24) is 0 Å². The normalized spacial score (nSPS) is 11.8. The molecule has 0 spiro atoms. The van der Waals surface area contributed by atoms with E-state index in [1.165, 1.54) is 199 Å². The number of ether oxygens (including phenoxy) is 3. The predicted octanol–water partition coefficient (Wildman–Crippen LogP) is 16.8. The van der Waals surface area contributed by atoms with Gasteiger partial charge in [-0.05, 0) is 19.3 Å². The number of hydrogen-bond acceptors (Lipinski definition) is 6. The van der Waals surface area contributed by atoms with Gasteiger partial charge in [-0.15, -0.1) is 0 Å². The maximum Gasteiger partial charge on any atom is 0.306 e. The van der Waals surface area contributed by atoms with Gasteiger partial charge in [-0.25, -0.2) is 0 Å². The molecule has 6 nitrogen and oxygen atoms in total. The minimum Gasteiger partial charge on any atom is -0.462 e. The van der Waals surface area contributed by atoms with Crippen molar-refractivity contribution in [1.29, 1.82) is 0 Å². The molecule has 344 valence electrons. The largest absolute Gasteiger partial charge is 0.462 e. The van der Waals surface area contributed by atoms with Crippen molar-refractivity contribution in [3.8, 4) is 0 Å². The molecule has 58 heavy (non-hydrogen) atoms. The van der Waals surface area contributed by atoms with Crippen LogP contribution in [-0.2, 0) is 28.6 Å². The summed E-state index contributed by atoms with van der Waals surface area (Å²) in [5, 5.41) is 0. The van der Waals surface area contributed by atoms with Gasteiger partial charge in [0.15, 0.2) is 6.10 Å². The van der Waals surface area contributed by atoms with Crippen LogP contribution in [0.25, 0.3) is 0 Å². The van der Waals surface area contributed by atoms with Crippen molar-refractivity contribution in [3.63, 3.8) is 0 Å². The number of carbonyl (C=O) groups is 3. The van der Waals surface area contributed by atoms with Crippen LogP contribution in [0.3, 0.4) is 0 Å². The highest BCUT2D eigenvalue weighted by atomic mass is 16.6. The predicted molar refractivity (Wildman–Crippen MR) is 247 cm³/mol. The zero-order valence-corrected chi connectivity index (χ0v) is 39.3. The lowest BCUT2D eigenvalue weighted by Gasteiger charge is -2.18. The average Bonchev–Trinajstić information content (AvgIpc) is 3.22. The molecule has 0 saturated heterocycles. The topological polar surface area (TPSA) is 78.9 Å². The molecule has 0 heterocycles. The van der Waals surface area contributed by atoms with Gasteiger partial charge < -0.3 is 14.2 Å². The molecule has 0 aromatic carbocycles. The summed E-state index contributed by atoms with van der Waals surface area (Å²) in [7, 11) is 0. The van der Waals surface area contributed by atoms with Crippen LogP contribution in [0.15, 0.2) is 0 Å². The van der Waals surface area contributed by atoms with Gasteiger partial charge in [-0.3, -0.25) is 14.4 Å². The van der Waals surface area contributed by atoms with E-state index < -0.39 is 6.10 Å². The van der Waals surface area contributed by atoms with Gasteiger partial charge >= 0.3 is 17.9 Å². The van der Waals surface area contributed by atoms with E-state index in [1.807, 2.05) is 0 Å². The Bertz CT molecular complexity index is 859. The Labute approximate surface area is 361 Å². The maximum absolute atomic E-state index is 12.7. The van der Waals surface area contributed by atoms with E-state index in [-0.39, 0.29) is 31.1 Å². The van der Waals surface area contributed by atoms with Crippen molar-refractivity contribution in [3.05, 3.63) is 0 Å². The minimum absolute atomic E-state index is 0.0628. The van der Waals surface area contributed by atoms with Gasteiger partial charge in [-0.1, -0.05) is 258 Å². The minimum atomic E-state index is -0.758. The van der Waals surface area contributed by atoms with Crippen LogP contribution in [0, 0.1) is 0 Å². The molecule has 0 N–H and O–H groups in total. The van der Waals surface area contributed by atoms with Gasteiger partial charge in [0.2, 0.25) is 0 Å². The molecule has 1 unspecified atom stereocenters. The zero-order chi connectivity index (χ0) is 42.3. The first kappa shape index (κ1) is 56.4. The molecule has 0 aliphatic rings. The van der Waals surface area contributed by atoms with Gasteiger partial charge in [0.25, 0.3) is 0 Å². The zero-order valence-electron chi connectivity index (χ0n) is 39.3.